The van der Waals surface area contributed by atoms with Crippen LogP contribution in [0.25, 0.3) is 0 Å². The summed E-state index contributed by atoms with van der Waals surface area (Å²) in [6, 6.07) is 14.4. The smallest absolute Gasteiger partial charge is 0.256 e. The van der Waals surface area contributed by atoms with Gasteiger partial charge in [0.15, 0.2) is 0 Å². The molecule has 1 amide bonds. The Morgan fingerprint density at radius 3 is 2.74 bits per heavy atom. The average molecular weight is 315 g/mol. The number of nitrogens with zero attached hydrogens (tertiary/aromatic N) is 1. The van der Waals surface area contributed by atoms with Crippen molar-refractivity contribution in [3.05, 3.63) is 63.6 Å². The van der Waals surface area contributed by atoms with Crippen LogP contribution in [-0.2, 0) is 0 Å². The second-order valence-corrected chi connectivity index (χ2v) is 4.88. The lowest BCUT2D eigenvalue weighted by atomic mass is 10.1. The van der Waals surface area contributed by atoms with E-state index in [2.05, 4.69) is 21.2 Å². The van der Waals surface area contributed by atoms with Gasteiger partial charge >= 0.3 is 0 Å². The fraction of sp³-hybridized carbons (Fsp3) is 0.0667. The van der Waals surface area contributed by atoms with Crippen LogP contribution >= 0.6 is 15.9 Å². The summed E-state index contributed by atoms with van der Waals surface area (Å²) in [5.41, 5.74) is 2.69. The molecule has 0 aromatic heterocycles. The van der Waals surface area contributed by atoms with Gasteiger partial charge in [0, 0.05) is 10.2 Å². The molecule has 0 bridgehead atoms. The molecule has 2 rings (SSSR count). The molecule has 0 spiro atoms. The van der Waals surface area contributed by atoms with E-state index in [0.717, 1.165) is 10.0 Å². The van der Waals surface area contributed by atoms with E-state index < -0.39 is 0 Å². The molecule has 0 unspecified atom stereocenters. The third kappa shape index (κ3) is 3.01. The maximum Gasteiger partial charge on any atom is 0.256 e. The molecule has 2 aromatic carbocycles. The summed E-state index contributed by atoms with van der Waals surface area (Å²) < 4.78 is 0.781. The number of benzene rings is 2. The minimum atomic E-state index is -0.203. The third-order valence-electron chi connectivity index (χ3n) is 2.69. The number of amides is 1. The van der Waals surface area contributed by atoms with E-state index in [9.17, 15) is 4.79 Å². The van der Waals surface area contributed by atoms with Crippen LogP contribution in [0.3, 0.4) is 0 Å². The van der Waals surface area contributed by atoms with Gasteiger partial charge in [-0.25, -0.2) is 0 Å². The van der Waals surface area contributed by atoms with Crippen molar-refractivity contribution in [1.82, 2.24) is 0 Å². The molecule has 0 atom stereocenters. The van der Waals surface area contributed by atoms with E-state index in [-0.39, 0.29) is 5.91 Å². The van der Waals surface area contributed by atoms with Gasteiger partial charge in [0.2, 0.25) is 0 Å². The minimum Gasteiger partial charge on any atom is -0.322 e. The number of hydrogen-bond acceptors (Lipinski definition) is 2. The summed E-state index contributed by atoms with van der Waals surface area (Å²) in [4.78, 5) is 12.2. The highest BCUT2D eigenvalue weighted by Crippen LogP contribution is 2.22. The first kappa shape index (κ1) is 13.3. The number of rotatable bonds is 2. The first-order chi connectivity index (χ1) is 9.11. The highest BCUT2D eigenvalue weighted by Gasteiger charge is 2.11. The largest absolute Gasteiger partial charge is 0.322 e. The Morgan fingerprint density at radius 2 is 2.00 bits per heavy atom. The molecule has 0 aliphatic heterocycles. The van der Waals surface area contributed by atoms with E-state index >= 15 is 0 Å². The van der Waals surface area contributed by atoms with Gasteiger partial charge < -0.3 is 5.32 Å². The molecule has 0 aliphatic carbocycles. The Labute approximate surface area is 120 Å². The maximum absolute atomic E-state index is 12.2. The van der Waals surface area contributed by atoms with Crippen LogP contribution in [0.1, 0.15) is 21.5 Å². The molecule has 0 radical (unpaired) electrons. The summed E-state index contributed by atoms with van der Waals surface area (Å²) in [6.07, 6.45) is 0. The third-order valence-corrected chi connectivity index (χ3v) is 3.74. The molecule has 3 nitrogen and oxygen atoms in total. The van der Waals surface area contributed by atoms with Crippen molar-refractivity contribution in [3.8, 4) is 6.07 Å². The topological polar surface area (TPSA) is 52.9 Å². The molecule has 19 heavy (non-hydrogen) atoms. The number of anilines is 1. The van der Waals surface area contributed by atoms with Crippen molar-refractivity contribution in [1.29, 1.82) is 5.26 Å². The zero-order chi connectivity index (χ0) is 13.8. The lowest BCUT2D eigenvalue weighted by Crippen LogP contribution is -2.13. The molecule has 2 aromatic rings. The Bertz CT molecular complexity index is 674. The van der Waals surface area contributed by atoms with E-state index in [1.807, 2.05) is 25.1 Å². The van der Waals surface area contributed by atoms with Crippen molar-refractivity contribution in [2.45, 2.75) is 6.92 Å². The molecule has 4 heteroatoms. The normalized spacial score (nSPS) is 9.74. The molecule has 0 aliphatic rings. The summed E-state index contributed by atoms with van der Waals surface area (Å²) in [5.74, 6) is -0.203. The molecule has 1 N–H and O–H groups in total. The van der Waals surface area contributed by atoms with Gasteiger partial charge in [0.1, 0.15) is 0 Å². The standard InChI is InChI=1S/C15H11BrN2O/c1-10-4-2-7-13(14(10)16)15(19)18-12-6-3-5-11(8-12)9-17/h2-8H,1H3,(H,18,19). The van der Waals surface area contributed by atoms with Gasteiger partial charge in [-0.05, 0) is 52.7 Å². The van der Waals surface area contributed by atoms with Gasteiger partial charge in [-0.2, -0.15) is 5.26 Å². The van der Waals surface area contributed by atoms with Crippen LogP contribution in [0.15, 0.2) is 46.9 Å². The quantitative estimate of drug-likeness (QED) is 0.914. The van der Waals surface area contributed by atoms with Gasteiger partial charge in [0.25, 0.3) is 5.91 Å². The van der Waals surface area contributed by atoms with Crippen molar-refractivity contribution in [2.24, 2.45) is 0 Å². The lowest BCUT2D eigenvalue weighted by Gasteiger charge is -2.08. The lowest BCUT2D eigenvalue weighted by molar-refractivity contribution is 0.102. The van der Waals surface area contributed by atoms with Gasteiger partial charge in [0.05, 0.1) is 17.2 Å². The van der Waals surface area contributed by atoms with E-state index in [1.165, 1.54) is 0 Å². The van der Waals surface area contributed by atoms with Crippen LogP contribution in [-0.4, -0.2) is 5.91 Å². The van der Waals surface area contributed by atoms with Gasteiger partial charge in [-0.1, -0.05) is 18.2 Å². The molecule has 0 fully saturated rings. The molecular weight excluding hydrogens is 304 g/mol. The fourth-order valence-corrected chi connectivity index (χ4v) is 2.13. The summed E-state index contributed by atoms with van der Waals surface area (Å²) >= 11 is 3.41. The first-order valence-corrected chi connectivity index (χ1v) is 6.48. The van der Waals surface area contributed by atoms with Crippen LogP contribution < -0.4 is 5.32 Å². The second-order valence-electron chi connectivity index (χ2n) is 4.08. The molecule has 0 saturated carbocycles. The van der Waals surface area contributed by atoms with Crippen LogP contribution in [0.5, 0.6) is 0 Å². The zero-order valence-electron chi connectivity index (χ0n) is 10.3. The van der Waals surface area contributed by atoms with Crippen molar-refractivity contribution < 1.29 is 4.79 Å². The number of nitriles is 1. The number of nitrogens with one attached hydrogen (secondary N) is 1. The van der Waals surface area contributed by atoms with Crippen molar-refractivity contribution >= 4 is 27.5 Å². The summed E-state index contributed by atoms with van der Waals surface area (Å²) in [5, 5.41) is 11.6. The van der Waals surface area contributed by atoms with Gasteiger partial charge in [-0.15, -0.1) is 0 Å². The fourth-order valence-electron chi connectivity index (χ4n) is 1.69. The Balaban J connectivity index is 2.26. The Morgan fingerprint density at radius 1 is 1.26 bits per heavy atom. The maximum atomic E-state index is 12.2. The van der Waals surface area contributed by atoms with E-state index in [1.54, 1.807) is 30.3 Å². The Kier molecular flexibility index (Phi) is 3.98. The number of hydrogen-bond donors (Lipinski definition) is 1. The number of carbonyl (C=O) groups is 1. The van der Waals surface area contributed by atoms with E-state index in [4.69, 9.17) is 5.26 Å². The number of halogens is 1. The molecule has 0 heterocycles. The summed E-state index contributed by atoms with van der Waals surface area (Å²) in [7, 11) is 0. The van der Waals surface area contributed by atoms with Crippen LogP contribution in [0.2, 0.25) is 0 Å². The van der Waals surface area contributed by atoms with Crippen LogP contribution in [0, 0.1) is 18.3 Å². The first-order valence-electron chi connectivity index (χ1n) is 5.68. The SMILES string of the molecule is Cc1cccc(C(=O)Nc2cccc(C#N)c2)c1Br. The Hall–Kier alpha value is -2.12. The second kappa shape index (κ2) is 5.68. The predicted molar refractivity (Wildman–Crippen MR) is 78.0 cm³/mol. The predicted octanol–water partition coefficient (Wildman–Crippen LogP) is 3.88. The monoisotopic (exact) mass is 314 g/mol. The molecule has 94 valence electrons. The highest BCUT2D eigenvalue weighted by atomic mass is 79.9. The van der Waals surface area contributed by atoms with Crippen molar-refractivity contribution in [2.75, 3.05) is 5.32 Å². The molecular formula is C15H11BrN2O. The van der Waals surface area contributed by atoms with E-state index in [0.29, 0.717) is 16.8 Å². The average Bonchev–Trinajstić information content (AvgIpc) is 2.42. The highest BCUT2D eigenvalue weighted by molar-refractivity contribution is 9.10. The van der Waals surface area contributed by atoms with Gasteiger partial charge in [-0.3, -0.25) is 4.79 Å². The molecule has 0 saturated heterocycles. The summed E-state index contributed by atoms with van der Waals surface area (Å²) in [6.45, 7) is 1.93. The van der Waals surface area contributed by atoms with Crippen molar-refractivity contribution in [3.63, 3.8) is 0 Å². The number of carbonyl (C=O) groups excluding carboxylic acids is 1. The number of aryl methyl sites for hydroxylation is 1. The zero-order valence-corrected chi connectivity index (χ0v) is 11.9. The minimum absolute atomic E-state index is 0.203. The van der Waals surface area contributed by atoms with Crippen LogP contribution in [0.4, 0.5) is 5.69 Å².